The van der Waals surface area contributed by atoms with Gasteiger partial charge in [0.05, 0.1) is 0 Å². The third kappa shape index (κ3) is 3.87. The van der Waals surface area contributed by atoms with E-state index in [0.717, 1.165) is 12.2 Å². The molecule has 0 fully saturated rings. The number of anilines is 1. The summed E-state index contributed by atoms with van der Waals surface area (Å²) in [4.78, 5) is 4.30. The van der Waals surface area contributed by atoms with Crippen LogP contribution in [-0.4, -0.2) is 49.9 Å². The molecule has 1 rings (SSSR count). The quantitative estimate of drug-likeness (QED) is 0.786. The number of halogens is 1. The lowest BCUT2D eigenvalue weighted by Gasteiger charge is -2.26. The van der Waals surface area contributed by atoms with Gasteiger partial charge < -0.3 is 5.32 Å². The molecule has 1 N–H and O–H groups in total. The highest BCUT2D eigenvalue weighted by molar-refractivity contribution is 9.10. The van der Waals surface area contributed by atoms with Crippen LogP contribution in [0.5, 0.6) is 0 Å². The first-order valence-corrected chi connectivity index (χ1v) is 9.81. The molecule has 1 aromatic rings. The number of thioether (sulfide) groups is 1. The summed E-state index contributed by atoms with van der Waals surface area (Å²) in [6, 6.07) is 1.55. The number of hydrogen-bond donors (Lipinski definition) is 1. The highest BCUT2D eigenvalue weighted by Gasteiger charge is 2.29. The van der Waals surface area contributed by atoms with E-state index >= 15 is 0 Å². The maximum absolute atomic E-state index is 12.8. The van der Waals surface area contributed by atoms with E-state index in [1.807, 2.05) is 13.2 Å². The normalized spacial score (nSPS) is 13.5. The smallest absolute Gasteiger partial charge is 0.246 e. The van der Waals surface area contributed by atoms with E-state index in [4.69, 9.17) is 0 Å². The topological polar surface area (TPSA) is 62.3 Å². The number of pyridine rings is 1. The van der Waals surface area contributed by atoms with Crippen LogP contribution in [0.4, 0.5) is 5.82 Å². The second kappa shape index (κ2) is 7.63. The van der Waals surface area contributed by atoms with E-state index in [-0.39, 0.29) is 10.9 Å². The molecule has 0 amide bonds. The van der Waals surface area contributed by atoms with Gasteiger partial charge in [0.2, 0.25) is 10.0 Å². The molecule has 0 spiro atoms. The zero-order valence-corrected chi connectivity index (χ0v) is 15.3. The fourth-order valence-corrected chi connectivity index (χ4v) is 4.85. The molecule has 0 radical (unpaired) electrons. The lowest BCUT2D eigenvalue weighted by atomic mass is 10.3. The zero-order valence-electron chi connectivity index (χ0n) is 12.1. The van der Waals surface area contributed by atoms with Gasteiger partial charge in [-0.05, 0) is 34.7 Å². The van der Waals surface area contributed by atoms with Gasteiger partial charge >= 0.3 is 0 Å². The Balaban J connectivity index is 3.25. The number of rotatable bonds is 7. The van der Waals surface area contributed by atoms with Gasteiger partial charge in [-0.15, -0.1) is 0 Å². The van der Waals surface area contributed by atoms with Crippen molar-refractivity contribution in [3.63, 3.8) is 0 Å². The summed E-state index contributed by atoms with van der Waals surface area (Å²) in [5.74, 6) is 1.13. The predicted octanol–water partition coefficient (Wildman–Crippen LogP) is 2.65. The molecular weight excluding hydrogens is 362 g/mol. The molecule has 1 atom stereocenters. The van der Waals surface area contributed by atoms with Crippen molar-refractivity contribution in [1.29, 1.82) is 0 Å². The molecule has 0 aromatic carbocycles. The van der Waals surface area contributed by atoms with Crippen LogP contribution in [0.15, 0.2) is 21.6 Å². The third-order valence-electron chi connectivity index (χ3n) is 3.06. The van der Waals surface area contributed by atoms with Gasteiger partial charge in [0.25, 0.3) is 0 Å². The summed E-state index contributed by atoms with van der Waals surface area (Å²) in [6.45, 7) is 1.99. The Morgan fingerprint density at radius 1 is 1.55 bits per heavy atom. The minimum Gasteiger partial charge on any atom is -0.372 e. The van der Waals surface area contributed by atoms with Crippen LogP contribution >= 0.6 is 27.7 Å². The van der Waals surface area contributed by atoms with E-state index in [2.05, 4.69) is 26.2 Å². The van der Waals surface area contributed by atoms with Crippen molar-refractivity contribution >= 4 is 43.5 Å². The van der Waals surface area contributed by atoms with Crippen molar-refractivity contribution in [3.05, 3.63) is 16.7 Å². The Morgan fingerprint density at radius 2 is 2.20 bits per heavy atom. The zero-order chi connectivity index (χ0) is 15.3. The maximum atomic E-state index is 12.8. The van der Waals surface area contributed by atoms with E-state index in [9.17, 15) is 8.42 Å². The average molecular weight is 382 g/mol. The van der Waals surface area contributed by atoms with Crippen LogP contribution in [0.3, 0.4) is 0 Å². The summed E-state index contributed by atoms with van der Waals surface area (Å²) >= 11 is 4.92. The Morgan fingerprint density at radius 3 is 2.70 bits per heavy atom. The van der Waals surface area contributed by atoms with Crippen LogP contribution in [-0.2, 0) is 10.0 Å². The van der Waals surface area contributed by atoms with Gasteiger partial charge in [-0.1, -0.05) is 6.92 Å². The highest BCUT2D eigenvalue weighted by Crippen LogP contribution is 2.27. The number of sulfonamides is 1. The van der Waals surface area contributed by atoms with E-state index < -0.39 is 10.0 Å². The number of nitrogens with zero attached hydrogens (tertiary/aromatic N) is 2. The Kier molecular flexibility index (Phi) is 6.77. The van der Waals surface area contributed by atoms with Crippen molar-refractivity contribution in [2.45, 2.75) is 24.3 Å². The molecule has 114 valence electrons. The maximum Gasteiger partial charge on any atom is 0.246 e. The largest absolute Gasteiger partial charge is 0.372 e. The second-order valence-corrected chi connectivity index (χ2v) is 8.08. The van der Waals surface area contributed by atoms with E-state index in [0.29, 0.717) is 10.3 Å². The third-order valence-corrected chi connectivity index (χ3v) is 6.13. The van der Waals surface area contributed by atoms with Gasteiger partial charge in [-0.25, -0.2) is 13.4 Å². The first-order valence-electron chi connectivity index (χ1n) is 6.18. The molecule has 5 nitrogen and oxygen atoms in total. The summed E-state index contributed by atoms with van der Waals surface area (Å²) in [5.41, 5.74) is 0. The molecule has 1 heterocycles. The van der Waals surface area contributed by atoms with Crippen molar-refractivity contribution in [1.82, 2.24) is 9.29 Å². The van der Waals surface area contributed by atoms with E-state index in [1.54, 1.807) is 38.1 Å². The monoisotopic (exact) mass is 381 g/mol. The van der Waals surface area contributed by atoms with Crippen LogP contribution in [0.2, 0.25) is 0 Å². The van der Waals surface area contributed by atoms with Gasteiger partial charge in [0.15, 0.2) is 0 Å². The number of aromatic nitrogens is 1. The molecule has 1 aromatic heterocycles. The highest BCUT2D eigenvalue weighted by atomic mass is 79.9. The molecule has 0 aliphatic carbocycles. The minimum atomic E-state index is -3.57. The number of nitrogens with one attached hydrogen (secondary N) is 1. The van der Waals surface area contributed by atoms with Crippen LogP contribution in [0.25, 0.3) is 0 Å². The summed E-state index contributed by atoms with van der Waals surface area (Å²) in [6.07, 6.45) is 4.32. The molecule has 8 heteroatoms. The Bertz CT molecular complexity index is 552. The lowest BCUT2D eigenvalue weighted by Crippen LogP contribution is -2.38. The molecule has 0 saturated heterocycles. The molecule has 20 heavy (non-hydrogen) atoms. The van der Waals surface area contributed by atoms with Crippen LogP contribution < -0.4 is 5.32 Å². The molecular formula is C12H20BrN3O2S2. The molecule has 0 aliphatic rings. The van der Waals surface area contributed by atoms with Crippen LogP contribution in [0.1, 0.15) is 13.3 Å². The number of hydrogen-bond acceptors (Lipinski definition) is 5. The molecule has 0 bridgehead atoms. The predicted molar refractivity (Wildman–Crippen MR) is 88.9 cm³/mol. The minimum absolute atomic E-state index is 0.0290. The van der Waals surface area contributed by atoms with Gasteiger partial charge in [-0.3, -0.25) is 0 Å². The fraction of sp³-hybridized carbons (Fsp3) is 0.583. The van der Waals surface area contributed by atoms with Gasteiger partial charge in [0, 0.05) is 36.6 Å². The first kappa shape index (κ1) is 17.7. The molecule has 0 saturated carbocycles. The SMILES string of the molecule is CCC(CSC)N(C)S(=O)(=O)c1cc(Br)cnc1NC. The van der Waals surface area contributed by atoms with Crippen molar-refractivity contribution in [3.8, 4) is 0 Å². The average Bonchev–Trinajstić information content (AvgIpc) is 2.43. The van der Waals surface area contributed by atoms with Gasteiger partial charge in [-0.2, -0.15) is 16.1 Å². The van der Waals surface area contributed by atoms with Crippen LogP contribution in [0, 0.1) is 0 Å². The Hall–Kier alpha value is -0.310. The first-order chi connectivity index (χ1) is 9.38. The van der Waals surface area contributed by atoms with Crippen molar-refractivity contribution in [2.75, 3.05) is 31.4 Å². The molecule has 1 unspecified atom stereocenters. The van der Waals surface area contributed by atoms with Crippen molar-refractivity contribution < 1.29 is 8.42 Å². The lowest BCUT2D eigenvalue weighted by molar-refractivity contribution is 0.385. The van der Waals surface area contributed by atoms with Gasteiger partial charge in [0.1, 0.15) is 10.7 Å². The van der Waals surface area contributed by atoms with Crippen molar-refractivity contribution in [2.24, 2.45) is 0 Å². The second-order valence-electron chi connectivity index (χ2n) is 4.29. The molecule has 0 aliphatic heterocycles. The summed E-state index contributed by atoms with van der Waals surface area (Å²) < 4.78 is 27.6. The fourth-order valence-electron chi connectivity index (χ4n) is 1.83. The summed E-state index contributed by atoms with van der Waals surface area (Å²) in [5, 5.41) is 2.83. The standard InChI is InChI=1S/C12H20BrN3O2S2/c1-5-10(8-19-4)16(3)20(17,18)11-6-9(13)7-15-12(11)14-2/h6-7,10H,5,8H2,1-4H3,(H,14,15). The van der Waals surface area contributed by atoms with E-state index in [1.165, 1.54) is 4.31 Å². The Labute approximate surface area is 133 Å². The summed E-state index contributed by atoms with van der Waals surface area (Å²) in [7, 11) is -0.287.